The SMILES string of the molecule is CC1(c2cccc3oc4cc(N(c5ccc(-c6ccccc6)cc5)c5ccc6sc7ccccc7c6c5)ccc4c23)c2ccccc2-c2ccccc21. The molecule has 10 aromatic rings. The zero-order chi connectivity index (χ0) is 35.1. The van der Waals surface area contributed by atoms with Gasteiger partial charge in [0, 0.05) is 59.5 Å². The first-order valence-electron chi connectivity index (χ1n) is 18.2. The van der Waals surface area contributed by atoms with Crippen molar-refractivity contribution >= 4 is 70.5 Å². The van der Waals surface area contributed by atoms with Gasteiger partial charge in [-0.2, -0.15) is 0 Å². The smallest absolute Gasteiger partial charge is 0.137 e. The van der Waals surface area contributed by atoms with E-state index in [0.29, 0.717) is 0 Å². The highest BCUT2D eigenvalue weighted by molar-refractivity contribution is 7.25. The Kier molecular flexibility index (Phi) is 6.58. The lowest BCUT2D eigenvalue weighted by atomic mass is 9.73. The largest absolute Gasteiger partial charge is 0.456 e. The maximum Gasteiger partial charge on any atom is 0.137 e. The highest BCUT2D eigenvalue weighted by Gasteiger charge is 2.42. The van der Waals surface area contributed by atoms with E-state index in [1.807, 2.05) is 11.3 Å². The molecule has 0 fully saturated rings. The van der Waals surface area contributed by atoms with Gasteiger partial charge in [0.15, 0.2) is 0 Å². The Morgan fingerprint density at radius 3 is 1.83 bits per heavy atom. The number of anilines is 3. The predicted molar refractivity (Wildman–Crippen MR) is 224 cm³/mol. The van der Waals surface area contributed by atoms with Crippen molar-refractivity contribution in [3.05, 3.63) is 199 Å². The third kappa shape index (κ3) is 4.51. The van der Waals surface area contributed by atoms with Gasteiger partial charge in [-0.25, -0.2) is 0 Å². The third-order valence-corrected chi connectivity index (χ3v) is 12.5. The lowest BCUT2D eigenvalue weighted by molar-refractivity contribution is 0.666. The molecule has 53 heavy (non-hydrogen) atoms. The highest BCUT2D eigenvalue weighted by Crippen LogP contribution is 2.54. The Labute approximate surface area is 311 Å². The molecule has 0 unspecified atom stereocenters. The van der Waals surface area contributed by atoms with Crippen molar-refractivity contribution in [2.75, 3.05) is 4.90 Å². The Balaban J connectivity index is 1.10. The number of nitrogens with zero attached hydrogens (tertiary/aromatic N) is 1. The van der Waals surface area contributed by atoms with Crippen LogP contribution in [-0.4, -0.2) is 0 Å². The number of rotatable bonds is 5. The topological polar surface area (TPSA) is 16.4 Å². The average Bonchev–Trinajstić information content (AvgIpc) is 3.87. The van der Waals surface area contributed by atoms with Gasteiger partial charge in [-0.1, -0.05) is 121 Å². The normalized spacial score (nSPS) is 13.2. The van der Waals surface area contributed by atoms with Gasteiger partial charge in [0.1, 0.15) is 11.2 Å². The van der Waals surface area contributed by atoms with Gasteiger partial charge < -0.3 is 9.32 Å². The van der Waals surface area contributed by atoms with Crippen molar-refractivity contribution in [3.8, 4) is 22.3 Å². The van der Waals surface area contributed by atoms with Gasteiger partial charge in [0.25, 0.3) is 0 Å². The zero-order valence-corrected chi connectivity index (χ0v) is 29.9. The van der Waals surface area contributed by atoms with Crippen LogP contribution in [0.2, 0.25) is 0 Å². The fourth-order valence-corrected chi connectivity index (χ4v) is 9.93. The summed E-state index contributed by atoms with van der Waals surface area (Å²) in [6.07, 6.45) is 0. The minimum Gasteiger partial charge on any atom is -0.456 e. The van der Waals surface area contributed by atoms with Crippen LogP contribution in [0.25, 0.3) is 64.4 Å². The molecular formula is C50H33NOS. The highest BCUT2D eigenvalue weighted by atomic mass is 32.1. The zero-order valence-electron chi connectivity index (χ0n) is 29.1. The van der Waals surface area contributed by atoms with Crippen LogP contribution in [0.3, 0.4) is 0 Å². The maximum absolute atomic E-state index is 6.80. The van der Waals surface area contributed by atoms with Gasteiger partial charge in [0.05, 0.1) is 0 Å². The first-order chi connectivity index (χ1) is 26.1. The van der Waals surface area contributed by atoms with Gasteiger partial charge >= 0.3 is 0 Å². The Morgan fingerprint density at radius 2 is 1.04 bits per heavy atom. The molecule has 250 valence electrons. The van der Waals surface area contributed by atoms with Crippen LogP contribution in [0.15, 0.2) is 186 Å². The molecule has 1 aliphatic rings. The lowest BCUT2D eigenvalue weighted by Gasteiger charge is -2.29. The fraction of sp³-hybridized carbons (Fsp3) is 0.0400. The number of furan rings is 1. The molecule has 11 rings (SSSR count). The Morgan fingerprint density at radius 1 is 0.434 bits per heavy atom. The number of benzene rings is 8. The van der Waals surface area contributed by atoms with Crippen LogP contribution in [0, 0.1) is 0 Å². The van der Waals surface area contributed by atoms with Crippen molar-refractivity contribution in [1.82, 2.24) is 0 Å². The summed E-state index contributed by atoms with van der Waals surface area (Å²) in [6, 6.07) is 66.1. The second-order valence-electron chi connectivity index (χ2n) is 14.2. The molecule has 0 saturated carbocycles. The van der Waals surface area contributed by atoms with Crippen LogP contribution in [0.4, 0.5) is 17.1 Å². The quantitative estimate of drug-likeness (QED) is 0.178. The summed E-state index contributed by atoms with van der Waals surface area (Å²) in [5.41, 5.74) is 13.6. The van der Waals surface area contributed by atoms with Gasteiger partial charge in [-0.3, -0.25) is 0 Å². The van der Waals surface area contributed by atoms with Gasteiger partial charge in [-0.15, -0.1) is 11.3 Å². The van der Waals surface area contributed by atoms with E-state index in [2.05, 4.69) is 194 Å². The summed E-state index contributed by atoms with van der Waals surface area (Å²) < 4.78 is 9.40. The van der Waals surface area contributed by atoms with Gasteiger partial charge in [-0.05, 0) is 100 Å². The van der Waals surface area contributed by atoms with E-state index in [0.717, 1.165) is 33.6 Å². The molecule has 2 heterocycles. The maximum atomic E-state index is 6.80. The molecule has 8 aromatic carbocycles. The number of fused-ring (bicyclic) bond motifs is 9. The summed E-state index contributed by atoms with van der Waals surface area (Å²) in [7, 11) is 0. The summed E-state index contributed by atoms with van der Waals surface area (Å²) in [4.78, 5) is 2.36. The molecule has 2 aromatic heterocycles. The molecule has 0 radical (unpaired) electrons. The van der Waals surface area contributed by atoms with Gasteiger partial charge in [0.2, 0.25) is 0 Å². The standard InChI is InChI=1S/C50H33NOS/c1-50(42-17-8-5-14-37(42)38-15-6-9-18-43(38)50)44-19-11-20-45-49(44)40-28-26-36(31-46(40)52-45)51(34-24-22-33(23-25-34)32-12-3-2-4-13-32)35-27-29-48-41(30-35)39-16-7-10-21-47(39)53-48/h2-31H,1H3. The number of hydrogen-bond acceptors (Lipinski definition) is 3. The first-order valence-corrected chi connectivity index (χ1v) is 19.0. The summed E-state index contributed by atoms with van der Waals surface area (Å²) in [5.74, 6) is 0. The molecular weight excluding hydrogens is 663 g/mol. The minimum atomic E-state index is -0.326. The average molecular weight is 696 g/mol. The summed E-state index contributed by atoms with van der Waals surface area (Å²) in [6.45, 7) is 2.38. The summed E-state index contributed by atoms with van der Waals surface area (Å²) in [5, 5.41) is 4.86. The number of hydrogen-bond donors (Lipinski definition) is 0. The first kappa shape index (κ1) is 30.2. The molecule has 0 amide bonds. The Hall–Kier alpha value is -6.42. The van der Waals surface area contributed by atoms with Crippen molar-refractivity contribution in [1.29, 1.82) is 0 Å². The second-order valence-corrected chi connectivity index (χ2v) is 15.3. The van der Waals surface area contributed by atoms with E-state index >= 15 is 0 Å². The lowest BCUT2D eigenvalue weighted by Crippen LogP contribution is -2.22. The van der Waals surface area contributed by atoms with Crippen LogP contribution < -0.4 is 4.90 Å². The molecule has 0 N–H and O–H groups in total. The van der Waals surface area contributed by atoms with E-state index in [1.165, 1.54) is 64.5 Å². The van der Waals surface area contributed by atoms with Crippen LogP contribution in [-0.2, 0) is 5.41 Å². The van der Waals surface area contributed by atoms with E-state index < -0.39 is 0 Å². The van der Waals surface area contributed by atoms with Crippen LogP contribution in [0.5, 0.6) is 0 Å². The van der Waals surface area contributed by atoms with Crippen LogP contribution in [0.1, 0.15) is 23.6 Å². The van der Waals surface area contributed by atoms with Crippen molar-refractivity contribution in [2.45, 2.75) is 12.3 Å². The monoisotopic (exact) mass is 695 g/mol. The molecule has 1 aliphatic carbocycles. The molecule has 0 atom stereocenters. The molecule has 0 saturated heterocycles. The van der Waals surface area contributed by atoms with E-state index in [1.54, 1.807) is 0 Å². The molecule has 2 nitrogen and oxygen atoms in total. The van der Waals surface area contributed by atoms with E-state index in [4.69, 9.17) is 4.42 Å². The second kappa shape index (κ2) is 11.5. The molecule has 0 spiro atoms. The van der Waals surface area contributed by atoms with Crippen molar-refractivity contribution in [3.63, 3.8) is 0 Å². The number of thiophene rings is 1. The minimum absolute atomic E-state index is 0.326. The summed E-state index contributed by atoms with van der Waals surface area (Å²) >= 11 is 1.85. The van der Waals surface area contributed by atoms with E-state index in [-0.39, 0.29) is 5.41 Å². The van der Waals surface area contributed by atoms with Crippen LogP contribution >= 0.6 is 11.3 Å². The van der Waals surface area contributed by atoms with E-state index in [9.17, 15) is 0 Å². The van der Waals surface area contributed by atoms with Crippen molar-refractivity contribution < 1.29 is 4.42 Å². The van der Waals surface area contributed by atoms with Crippen molar-refractivity contribution in [2.24, 2.45) is 0 Å². The molecule has 3 heteroatoms. The fourth-order valence-electron chi connectivity index (χ4n) is 8.85. The Bertz CT molecular complexity index is 2980. The molecule has 0 bridgehead atoms. The third-order valence-electron chi connectivity index (χ3n) is 11.4. The molecule has 0 aliphatic heterocycles. The predicted octanol–water partition coefficient (Wildman–Crippen LogP) is 14.4.